The van der Waals surface area contributed by atoms with Gasteiger partial charge >= 0.3 is 0 Å². The van der Waals surface area contributed by atoms with E-state index in [0.717, 1.165) is 31.2 Å². The molecule has 5 nitrogen and oxygen atoms in total. The van der Waals surface area contributed by atoms with Gasteiger partial charge in [-0.2, -0.15) is 0 Å². The van der Waals surface area contributed by atoms with Crippen molar-refractivity contribution in [3.8, 4) is 0 Å². The Hall–Kier alpha value is -2.28. The molecule has 0 unspecified atom stereocenters. The Morgan fingerprint density at radius 1 is 1.03 bits per heavy atom. The molecule has 7 atom stereocenters. The number of aliphatic hydroxyl groups is 1. The quantitative estimate of drug-likeness (QED) is 0.591. The van der Waals surface area contributed by atoms with E-state index in [1.165, 1.54) is 17.7 Å². The van der Waals surface area contributed by atoms with Crippen LogP contribution >= 0.6 is 0 Å². The van der Waals surface area contributed by atoms with Gasteiger partial charge < -0.3 is 19.9 Å². The highest BCUT2D eigenvalue weighted by Gasteiger charge is 2.61. The molecular formula is C30H38FNO4. The molecule has 1 heterocycles. The SMILES string of the molecule is C[C@@]12CO[C@@H](Cc3ccccc3)O[C@@H]1CC[C@]1(C)[C@H]2CC[C@@H](O)[C@H]1CC(=O)NCc1ccc(F)cc1. The third-order valence-corrected chi connectivity index (χ3v) is 9.29. The van der Waals surface area contributed by atoms with Crippen LogP contribution in [0.3, 0.4) is 0 Å². The molecule has 194 valence electrons. The van der Waals surface area contributed by atoms with Gasteiger partial charge in [-0.15, -0.1) is 0 Å². The topological polar surface area (TPSA) is 67.8 Å². The highest BCUT2D eigenvalue weighted by Crippen LogP contribution is 2.62. The summed E-state index contributed by atoms with van der Waals surface area (Å²) >= 11 is 0. The van der Waals surface area contributed by atoms with Crippen molar-refractivity contribution < 1.29 is 23.8 Å². The Bertz CT molecular complexity index is 1050. The van der Waals surface area contributed by atoms with Crippen LogP contribution in [0.15, 0.2) is 54.6 Å². The van der Waals surface area contributed by atoms with Crippen LogP contribution in [0.2, 0.25) is 0 Å². The van der Waals surface area contributed by atoms with E-state index in [2.05, 4.69) is 31.3 Å². The lowest BCUT2D eigenvalue weighted by Crippen LogP contribution is -2.63. The number of rotatable bonds is 6. The largest absolute Gasteiger partial charge is 0.393 e. The molecule has 1 saturated heterocycles. The lowest BCUT2D eigenvalue weighted by atomic mass is 9.46. The second kappa shape index (κ2) is 10.2. The number of halogens is 1. The smallest absolute Gasteiger partial charge is 0.220 e. The fraction of sp³-hybridized carbons (Fsp3) is 0.567. The van der Waals surface area contributed by atoms with Gasteiger partial charge in [0.15, 0.2) is 6.29 Å². The average Bonchev–Trinajstić information content (AvgIpc) is 2.87. The monoisotopic (exact) mass is 495 g/mol. The van der Waals surface area contributed by atoms with Crippen LogP contribution in [0.25, 0.3) is 0 Å². The zero-order valence-corrected chi connectivity index (χ0v) is 21.3. The minimum atomic E-state index is -0.501. The number of aliphatic hydroxyl groups excluding tert-OH is 1. The van der Waals surface area contributed by atoms with Crippen LogP contribution in [-0.2, 0) is 27.2 Å². The molecule has 0 bridgehead atoms. The van der Waals surface area contributed by atoms with E-state index in [9.17, 15) is 14.3 Å². The Kier molecular flexibility index (Phi) is 7.21. The number of benzene rings is 2. The first-order valence-electron chi connectivity index (χ1n) is 13.3. The zero-order valence-electron chi connectivity index (χ0n) is 21.3. The number of hydrogen-bond acceptors (Lipinski definition) is 4. The molecule has 36 heavy (non-hydrogen) atoms. The van der Waals surface area contributed by atoms with Crippen molar-refractivity contribution >= 4 is 5.91 Å². The molecule has 1 amide bonds. The van der Waals surface area contributed by atoms with Crippen LogP contribution in [0.4, 0.5) is 4.39 Å². The van der Waals surface area contributed by atoms with Crippen molar-refractivity contribution in [1.82, 2.24) is 5.32 Å². The summed E-state index contributed by atoms with van der Waals surface area (Å²) in [6.07, 6.45) is 3.82. The summed E-state index contributed by atoms with van der Waals surface area (Å²) in [5, 5.41) is 14.0. The molecule has 0 aromatic heterocycles. The van der Waals surface area contributed by atoms with E-state index in [1.54, 1.807) is 12.1 Å². The summed E-state index contributed by atoms with van der Waals surface area (Å²) in [5.74, 6) is -0.180. The fourth-order valence-electron chi connectivity index (χ4n) is 7.27. The number of nitrogens with one attached hydrogen (secondary N) is 1. The van der Waals surface area contributed by atoms with Gasteiger partial charge in [0.05, 0.1) is 18.8 Å². The highest BCUT2D eigenvalue weighted by atomic mass is 19.1. The molecule has 3 fully saturated rings. The van der Waals surface area contributed by atoms with E-state index in [1.807, 2.05) is 18.2 Å². The van der Waals surface area contributed by atoms with Crippen LogP contribution < -0.4 is 5.32 Å². The van der Waals surface area contributed by atoms with Gasteiger partial charge in [-0.25, -0.2) is 4.39 Å². The first kappa shape index (κ1) is 25.4. The first-order valence-corrected chi connectivity index (χ1v) is 13.3. The third kappa shape index (κ3) is 4.96. The molecule has 2 aromatic carbocycles. The van der Waals surface area contributed by atoms with Crippen molar-refractivity contribution in [1.29, 1.82) is 0 Å². The van der Waals surface area contributed by atoms with Gasteiger partial charge in [0.1, 0.15) is 5.82 Å². The molecule has 0 spiro atoms. The lowest BCUT2D eigenvalue weighted by molar-refractivity contribution is -0.308. The van der Waals surface area contributed by atoms with Gasteiger partial charge in [0, 0.05) is 24.8 Å². The summed E-state index contributed by atoms with van der Waals surface area (Å²) in [6.45, 7) is 5.53. The predicted octanol–water partition coefficient (Wildman–Crippen LogP) is 5.01. The second-order valence-corrected chi connectivity index (χ2v) is 11.5. The maximum atomic E-state index is 13.2. The van der Waals surface area contributed by atoms with Gasteiger partial charge in [-0.1, -0.05) is 56.3 Å². The zero-order chi connectivity index (χ0) is 25.3. The molecule has 3 aliphatic rings. The first-order chi connectivity index (χ1) is 17.3. The minimum absolute atomic E-state index is 0.0726. The summed E-state index contributed by atoms with van der Waals surface area (Å²) in [7, 11) is 0. The van der Waals surface area contributed by atoms with E-state index in [4.69, 9.17) is 9.47 Å². The Morgan fingerprint density at radius 3 is 2.53 bits per heavy atom. The molecular weight excluding hydrogens is 457 g/mol. The normalized spacial score (nSPS) is 35.9. The standard InChI is InChI=1S/C30H38FNO4/c1-29-15-14-26-30(2,19-35-28(36-26)16-20-6-4-3-5-7-20)25(29)13-12-24(33)23(29)17-27(34)32-18-21-8-10-22(31)11-9-21/h3-11,23-26,28,33H,12-19H2,1-2H3,(H,32,34)/t23-,24-,25-,26-,28-,29+,30+/m1/s1. The van der Waals surface area contributed by atoms with Gasteiger partial charge in [0.2, 0.25) is 5.91 Å². The Morgan fingerprint density at radius 2 is 1.78 bits per heavy atom. The van der Waals surface area contributed by atoms with Crippen LogP contribution in [0.5, 0.6) is 0 Å². The maximum absolute atomic E-state index is 13.2. The van der Waals surface area contributed by atoms with Crippen molar-refractivity contribution in [2.24, 2.45) is 22.7 Å². The molecule has 6 heteroatoms. The summed E-state index contributed by atoms with van der Waals surface area (Å²) in [6, 6.07) is 16.5. The highest BCUT2D eigenvalue weighted by molar-refractivity contribution is 5.76. The molecule has 2 aliphatic carbocycles. The lowest BCUT2D eigenvalue weighted by Gasteiger charge is -2.63. The average molecular weight is 496 g/mol. The van der Waals surface area contributed by atoms with E-state index in [-0.39, 0.29) is 47.3 Å². The van der Waals surface area contributed by atoms with Crippen molar-refractivity contribution in [2.45, 2.75) is 77.4 Å². The number of amides is 1. The van der Waals surface area contributed by atoms with E-state index in [0.29, 0.717) is 25.5 Å². The van der Waals surface area contributed by atoms with Gasteiger partial charge in [-0.05, 0) is 66.2 Å². The molecule has 2 N–H and O–H groups in total. The van der Waals surface area contributed by atoms with Crippen molar-refractivity contribution in [3.63, 3.8) is 0 Å². The van der Waals surface area contributed by atoms with E-state index < -0.39 is 6.10 Å². The number of hydrogen-bond donors (Lipinski definition) is 2. The number of fused-ring (bicyclic) bond motifs is 3. The summed E-state index contributed by atoms with van der Waals surface area (Å²) in [5.41, 5.74) is 1.74. The molecule has 2 aromatic rings. The number of carbonyl (C=O) groups is 1. The molecule has 2 saturated carbocycles. The molecule has 1 aliphatic heterocycles. The fourth-order valence-corrected chi connectivity index (χ4v) is 7.27. The van der Waals surface area contributed by atoms with Crippen LogP contribution in [0, 0.1) is 28.5 Å². The number of carbonyl (C=O) groups excluding carboxylic acids is 1. The van der Waals surface area contributed by atoms with Crippen molar-refractivity contribution in [3.05, 3.63) is 71.5 Å². The molecule has 0 radical (unpaired) electrons. The minimum Gasteiger partial charge on any atom is -0.393 e. The summed E-state index contributed by atoms with van der Waals surface area (Å²) < 4.78 is 26.0. The molecule has 5 rings (SSSR count). The Balaban J connectivity index is 1.25. The Labute approximate surface area is 213 Å². The van der Waals surface area contributed by atoms with Crippen LogP contribution in [-0.4, -0.2) is 36.1 Å². The third-order valence-electron chi connectivity index (χ3n) is 9.29. The van der Waals surface area contributed by atoms with Crippen LogP contribution in [0.1, 0.15) is 57.1 Å². The van der Waals surface area contributed by atoms with Gasteiger partial charge in [-0.3, -0.25) is 4.79 Å². The van der Waals surface area contributed by atoms with Gasteiger partial charge in [0.25, 0.3) is 0 Å². The van der Waals surface area contributed by atoms with E-state index >= 15 is 0 Å². The second-order valence-electron chi connectivity index (χ2n) is 11.5. The predicted molar refractivity (Wildman–Crippen MR) is 135 cm³/mol. The maximum Gasteiger partial charge on any atom is 0.220 e. The summed E-state index contributed by atoms with van der Waals surface area (Å²) in [4.78, 5) is 12.9. The van der Waals surface area contributed by atoms with Crippen molar-refractivity contribution in [2.75, 3.05) is 6.61 Å². The number of ether oxygens (including phenoxy) is 2.